The molecule has 0 saturated carbocycles. The number of aromatic nitrogens is 3. The van der Waals surface area contributed by atoms with E-state index in [2.05, 4.69) is 10.2 Å². The fraction of sp³-hybridized carbons (Fsp3) is 0.500. The lowest BCUT2D eigenvalue weighted by atomic mass is 10.1. The minimum Gasteiger partial charge on any atom is -0.381 e. The van der Waals surface area contributed by atoms with Crippen LogP contribution < -0.4 is 0 Å². The molecule has 0 radical (unpaired) electrons. The van der Waals surface area contributed by atoms with Gasteiger partial charge in [0.1, 0.15) is 5.69 Å². The average Bonchev–Trinajstić information content (AvgIpc) is 3.24. The Labute approximate surface area is 130 Å². The second-order valence-electron chi connectivity index (χ2n) is 5.80. The standard InChI is InChI=1S/C16H22N4O2/c1-3-22-11-12-4-7-20(9-12)16(21)15-8-14(17-18-15)13-5-6-19(2)10-13/h5-6,8,10,12H,3-4,7,9,11H2,1-2H3,(H,17,18). The molecule has 2 aromatic heterocycles. The van der Waals surface area contributed by atoms with Crippen molar-refractivity contribution in [3.05, 3.63) is 30.2 Å². The van der Waals surface area contributed by atoms with Crippen LogP contribution in [-0.4, -0.2) is 51.9 Å². The summed E-state index contributed by atoms with van der Waals surface area (Å²) in [6.07, 6.45) is 4.95. The second-order valence-corrected chi connectivity index (χ2v) is 5.80. The van der Waals surface area contributed by atoms with Crippen LogP contribution in [0.25, 0.3) is 11.3 Å². The summed E-state index contributed by atoms with van der Waals surface area (Å²) in [6.45, 7) is 5.01. The molecule has 1 fully saturated rings. The first-order valence-corrected chi connectivity index (χ1v) is 7.72. The van der Waals surface area contributed by atoms with Gasteiger partial charge in [-0.05, 0) is 25.5 Å². The molecule has 3 heterocycles. The summed E-state index contributed by atoms with van der Waals surface area (Å²) in [6, 6.07) is 3.81. The average molecular weight is 302 g/mol. The van der Waals surface area contributed by atoms with Crippen molar-refractivity contribution in [2.24, 2.45) is 13.0 Å². The molecule has 3 rings (SSSR count). The Morgan fingerprint density at radius 2 is 2.41 bits per heavy atom. The molecule has 1 aliphatic heterocycles. The number of nitrogens with one attached hydrogen (secondary N) is 1. The molecule has 0 aliphatic carbocycles. The summed E-state index contributed by atoms with van der Waals surface area (Å²) >= 11 is 0. The smallest absolute Gasteiger partial charge is 0.271 e. The first-order chi connectivity index (χ1) is 10.7. The van der Waals surface area contributed by atoms with Gasteiger partial charge in [-0.3, -0.25) is 9.89 Å². The fourth-order valence-corrected chi connectivity index (χ4v) is 2.84. The molecule has 1 aliphatic rings. The van der Waals surface area contributed by atoms with Crippen molar-refractivity contribution in [3.63, 3.8) is 0 Å². The molecule has 6 nitrogen and oxygen atoms in total. The Morgan fingerprint density at radius 3 is 3.14 bits per heavy atom. The maximum absolute atomic E-state index is 12.5. The Hall–Kier alpha value is -2.08. The molecule has 0 aromatic carbocycles. The summed E-state index contributed by atoms with van der Waals surface area (Å²) in [4.78, 5) is 14.4. The van der Waals surface area contributed by atoms with E-state index in [0.29, 0.717) is 11.6 Å². The van der Waals surface area contributed by atoms with Crippen molar-refractivity contribution in [1.82, 2.24) is 19.7 Å². The van der Waals surface area contributed by atoms with Crippen molar-refractivity contribution < 1.29 is 9.53 Å². The number of hydrogen-bond acceptors (Lipinski definition) is 3. The number of carbonyl (C=O) groups excluding carboxylic acids is 1. The number of amides is 1. The highest BCUT2D eigenvalue weighted by molar-refractivity contribution is 5.93. The molecule has 1 saturated heterocycles. The Bertz CT molecular complexity index is 646. The first-order valence-electron chi connectivity index (χ1n) is 7.72. The SMILES string of the molecule is CCOCC1CCN(C(=O)c2cc(-c3ccn(C)c3)n[nH]2)C1. The van der Waals surface area contributed by atoms with E-state index in [0.717, 1.165) is 44.0 Å². The Morgan fingerprint density at radius 1 is 1.55 bits per heavy atom. The van der Waals surface area contributed by atoms with E-state index in [-0.39, 0.29) is 5.91 Å². The van der Waals surface area contributed by atoms with Crippen molar-refractivity contribution in [1.29, 1.82) is 0 Å². The van der Waals surface area contributed by atoms with Gasteiger partial charge in [-0.15, -0.1) is 0 Å². The lowest BCUT2D eigenvalue weighted by molar-refractivity contribution is 0.0757. The van der Waals surface area contributed by atoms with Crippen LogP contribution in [0.4, 0.5) is 0 Å². The van der Waals surface area contributed by atoms with E-state index < -0.39 is 0 Å². The van der Waals surface area contributed by atoms with Gasteiger partial charge >= 0.3 is 0 Å². The largest absolute Gasteiger partial charge is 0.381 e. The monoisotopic (exact) mass is 302 g/mol. The third-order valence-electron chi connectivity index (χ3n) is 4.07. The zero-order chi connectivity index (χ0) is 15.5. The van der Waals surface area contributed by atoms with Crippen LogP contribution in [0.3, 0.4) is 0 Å². The van der Waals surface area contributed by atoms with Gasteiger partial charge in [-0.1, -0.05) is 0 Å². The van der Waals surface area contributed by atoms with Crippen LogP contribution in [0.15, 0.2) is 24.5 Å². The van der Waals surface area contributed by atoms with E-state index in [9.17, 15) is 4.79 Å². The Kier molecular flexibility index (Phi) is 4.29. The first kappa shape index (κ1) is 14.8. The topological polar surface area (TPSA) is 63.1 Å². The molecule has 1 atom stereocenters. The summed E-state index contributed by atoms with van der Waals surface area (Å²) in [5.41, 5.74) is 2.36. The molecule has 1 amide bonds. The van der Waals surface area contributed by atoms with Crippen LogP contribution >= 0.6 is 0 Å². The predicted octanol–water partition coefficient (Wildman–Crippen LogP) is 1.91. The highest BCUT2D eigenvalue weighted by Crippen LogP contribution is 2.21. The lowest BCUT2D eigenvalue weighted by Gasteiger charge is -2.15. The van der Waals surface area contributed by atoms with Gasteiger partial charge in [-0.25, -0.2) is 0 Å². The van der Waals surface area contributed by atoms with E-state index in [1.165, 1.54) is 0 Å². The number of carbonyl (C=O) groups is 1. The summed E-state index contributed by atoms with van der Waals surface area (Å²) < 4.78 is 7.42. The van der Waals surface area contributed by atoms with Crippen molar-refractivity contribution in [2.45, 2.75) is 13.3 Å². The van der Waals surface area contributed by atoms with Gasteiger partial charge in [0, 0.05) is 50.6 Å². The molecular weight excluding hydrogens is 280 g/mol. The summed E-state index contributed by atoms with van der Waals surface area (Å²) in [5, 5.41) is 7.12. The van der Waals surface area contributed by atoms with Gasteiger partial charge < -0.3 is 14.2 Å². The van der Waals surface area contributed by atoms with Crippen molar-refractivity contribution in [3.8, 4) is 11.3 Å². The van der Waals surface area contributed by atoms with E-state index >= 15 is 0 Å². The van der Waals surface area contributed by atoms with Crippen LogP contribution in [0.5, 0.6) is 0 Å². The maximum Gasteiger partial charge on any atom is 0.271 e. The molecule has 1 unspecified atom stereocenters. The number of aromatic amines is 1. The van der Waals surface area contributed by atoms with Gasteiger partial charge in [0.05, 0.1) is 12.3 Å². The third-order valence-corrected chi connectivity index (χ3v) is 4.07. The third kappa shape index (κ3) is 3.06. The maximum atomic E-state index is 12.5. The van der Waals surface area contributed by atoms with Crippen LogP contribution in [-0.2, 0) is 11.8 Å². The van der Waals surface area contributed by atoms with Gasteiger partial charge in [0.15, 0.2) is 0 Å². The Balaban J connectivity index is 1.65. The lowest BCUT2D eigenvalue weighted by Crippen LogP contribution is -2.29. The van der Waals surface area contributed by atoms with Gasteiger partial charge in [-0.2, -0.15) is 5.10 Å². The zero-order valence-electron chi connectivity index (χ0n) is 13.1. The zero-order valence-corrected chi connectivity index (χ0v) is 13.1. The highest BCUT2D eigenvalue weighted by Gasteiger charge is 2.28. The fourth-order valence-electron chi connectivity index (χ4n) is 2.84. The minimum absolute atomic E-state index is 0.0219. The summed E-state index contributed by atoms with van der Waals surface area (Å²) in [7, 11) is 1.96. The van der Waals surface area contributed by atoms with Gasteiger partial charge in [0.2, 0.25) is 0 Å². The summed E-state index contributed by atoms with van der Waals surface area (Å²) in [5.74, 6) is 0.467. The normalized spacial score (nSPS) is 18.1. The number of hydrogen-bond donors (Lipinski definition) is 1. The molecule has 0 bridgehead atoms. The molecular formula is C16H22N4O2. The van der Waals surface area contributed by atoms with E-state index in [4.69, 9.17) is 4.74 Å². The van der Waals surface area contributed by atoms with Crippen LogP contribution in [0.2, 0.25) is 0 Å². The number of H-pyrrole nitrogens is 1. The van der Waals surface area contributed by atoms with Crippen molar-refractivity contribution in [2.75, 3.05) is 26.3 Å². The molecule has 1 N–H and O–H groups in total. The van der Waals surface area contributed by atoms with Crippen molar-refractivity contribution >= 4 is 5.91 Å². The molecule has 118 valence electrons. The predicted molar refractivity (Wildman–Crippen MR) is 83.5 cm³/mol. The van der Waals surface area contributed by atoms with Crippen LogP contribution in [0, 0.1) is 5.92 Å². The number of ether oxygens (including phenoxy) is 1. The van der Waals surface area contributed by atoms with Crippen LogP contribution in [0.1, 0.15) is 23.8 Å². The molecule has 6 heteroatoms. The molecule has 0 spiro atoms. The van der Waals surface area contributed by atoms with E-state index in [1.807, 2.05) is 48.0 Å². The highest BCUT2D eigenvalue weighted by atomic mass is 16.5. The number of rotatable bonds is 5. The quantitative estimate of drug-likeness (QED) is 0.917. The molecule has 2 aromatic rings. The number of likely N-dealkylation sites (tertiary alicyclic amines) is 1. The second kappa shape index (κ2) is 6.36. The van der Waals surface area contributed by atoms with E-state index in [1.54, 1.807) is 0 Å². The minimum atomic E-state index is 0.0219. The molecule has 22 heavy (non-hydrogen) atoms. The van der Waals surface area contributed by atoms with Gasteiger partial charge in [0.25, 0.3) is 5.91 Å². The number of nitrogens with zero attached hydrogens (tertiary/aromatic N) is 3. The number of aryl methyl sites for hydroxylation is 1.